The van der Waals surface area contributed by atoms with Crippen LogP contribution in [-0.2, 0) is 26.8 Å². The van der Waals surface area contributed by atoms with Crippen molar-refractivity contribution in [1.29, 1.82) is 0 Å². The Morgan fingerprint density at radius 3 is 2.24 bits per heavy atom. The molecule has 5 nitrogen and oxygen atoms in total. The summed E-state index contributed by atoms with van der Waals surface area (Å²) in [5, 5.41) is 2.71. The fourth-order valence-electron chi connectivity index (χ4n) is 2.70. The summed E-state index contributed by atoms with van der Waals surface area (Å²) in [5.41, 5.74) is 3.45. The Morgan fingerprint density at radius 1 is 1.10 bits per heavy atom. The molecule has 7 heteroatoms. The molecule has 0 unspecified atom stereocenters. The Hall–Kier alpha value is -2.67. The summed E-state index contributed by atoms with van der Waals surface area (Å²) in [7, 11) is -3.56. The predicted octanol–water partition coefficient (Wildman–Crippen LogP) is 4.21. The molecule has 2 aromatic carbocycles. The van der Waals surface area contributed by atoms with Crippen LogP contribution in [0.4, 0.5) is 10.1 Å². The van der Waals surface area contributed by atoms with E-state index in [9.17, 15) is 17.6 Å². The average Bonchev–Trinajstić information content (AvgIpc) is 2.60. The minimum Gasteiger partial charge on any atom is -0.348 e. The van der Waals surface area contributed by atoms with E-state index in [1.54, 1.807) is 6.07 Å². The molecule has 0 aliphatic carbocycles. The van der Waals surface area contributed by atoms with Gasteiger partial charge in [-0.15, -0.1) is 0 Å². The van der Waals surface area contributed by atoms with Gasteiger partial charge in [-0.1, -0.05) is 51.1 Å². The van der Waals surface area contributed by atoms with Crippen molar-refractivity contribution in [2.24, 2.45) is 0 Å². The Balaban J connectivity index is 2.01. The molecule has 2 N–H and O–H groups in total. The summed E-state index contributed by atoms with van der Waals surface area (Å²) < 4.78 is 38.5. The fraction of sp³-hybridized carbons (Fsp3) is 0.318. The van der Waals surface area contributed by atoms with Gasteiger partial charge in [0.25, 0.3) is 0 Å². The number of amides is 1. The quantitative estimate of drug-likeness (QED) is 0.690. The van der Waals surface area contributed by atoms with Crippen molar-refractivity contribution < 1.29 is 17.6 Å². The number of carbonyl (C=O) groups excluding carboxylic acids is 1. The number of hydrogen-bond donors (Lipinski definition) is 2. The first-order chi connectivity index (χ1) is 13.3. The van der Waals surface area contributed by atoms with Crippen molar-refractivity contribution in [3.05, 3.63) is 71.0 Å². The monoisotopic (exact) mass is 418 g/mol. The lowest BCUT2D eigenvalue weighted by Gasteiger charge is -2.19. The summed E-state index contributed by atoms with van der Waals surface area (Å²) in [5.74, 6) is -0.992. The Kier molecular flexibility index (Phi) is 6.85. The smallest absolute Gasteiger partial charge is 0.244 e. The molecule has 29 heavy (non-hydrogen) atoms. The van der Waals surface area contributed by atoms with Crippen LogP contribution in [0, 0.1) is 5.82 Å². The lowest BCUT2D eigenvalue weighted by atomic mass is 9.86. The van der Waals surface area contributed by atoms with Crippen LogP contribution in [0.5, 0.6) is 0 Å². The van der Waals surface area contributed by atoms with Crippen LogP contribution >= 0.6 is 0 Å². The van der Waals surface area contributed by atoms with E-state index >= 15 is 0 Å². The van der Waals surface area contributed by atoms with Crippen molar-refractivity contribution in [1.82, 2.24) is 5.32 Å². The summed E-state index contributed by atoms with van der Waals surface area (Å²) in [4.78, 5) is 12.2. The highest BCUT2D eigenvalue weighted by Crippen LogP contribution is 2.24. The van der Waals surface area contributed by atoms with E-state index < -0.39 is 15.8 Å². The van der Waals surface area contributed by atoms with Crippen molar-refractivity contribution in [3.63, 3.8) is 0 Å². The minimum atomic E-state index is -3.56. The van der Waals surface area contributed by atoms with Crippen LogP contribution < -0.4 is 10.0 Å². The van der Waals surface area contributed by atoms with E-state index in [0.29, 0.717) is 5.56 Å². The number of sulfonamides is 1. The second kappa shape index (κ2) is 8.78. The number of anilines is 1. The van der Waals surface area contributed by atoms with Crippen LogP contribution in [0.1, 0.15) is 44.4 Å². The van der Waals surface area contributed by atoms with Gasteiger partial charge in [0.05, 0.1) is 11.9 Å². The maximum atomic E-state index is 14.0. The third kappa shape index (κ3) is 7.02. The second-order valence-electron chi connectivity index (χ2n) is 8.06. The number of rotatable bonds is 6. The van der Waals surface area contributed by atoms with Crippen LogP contribution in [0.25, 0.3) is 5.57 Å². The average molecular weight is 419 g/mol. The number of hydrogen-bond acceptors (Lipinski definition) is 3. The molecule has 2 aromatic rings. The van der Waals surface area contributed by atoms with Crippen molar-refractivity contribution in [3.8, 4) is 0 Å². The Morgan fingerprint density at radius 2 is 1.72 bits per heavy atom. The van der Waals surface area contributed by atoms with Crippen molar-refractivity contribution >= 4 is 27.2 Å². The van der Waals surface area contributed by atoms with Gasteiger partial charge in [-0.05, 0) is 46.7 Å². The maximum Gasteiger partial charge on any atom is 0.244 e. The lowest BCUT2D eigenvalue weighted by molar-refractivity contribution is -0.116. The summed E-state index contributed by atoms with van der Waals surface area (Å²) >= 11 is 0. The third-order valence-corrected chi connectivity index (χ3v) is 4.94. The molecule has 0 aliphatic rings. The fourth-order valence-corrected chi connectivity index (χ4v) is 3.27. The molecule has 0 saturated heterocycles. The first-order valence-corrected chi connectivity index (χ1v) is 11.1. The molecule has 0 atom stereocenters. The first kappa shape index (κ1) is 22.6. The highest BCUT2D eigenvalue weighted by molar-refractivity contribution is 7.92. The van der Waals surface area contributed by atoms with Gasteiger partial charge in [-0.25, -0.2) is 12.8 Å². The summed E-state index contributed by atoms with van der Waals surface area (Å²) in [6.07, 6.45) is 2.45. The Labute approximate surface area is 172 Å². The van der Waals surface area contributed by atoms with Crippen molar-refractivity contribution in [2.75, 3.05) is 11.0 Å². The number of halogens is 1. The highest BCUT2D eigenvalue weighted by Gasteiger charge is 2.13. The molecule has 0 fully saturated rings. The van der Waals surface area contributed by atoms with Gasteiger partial charge >= 0.3 is 0 Å². The van der Waals surface area contributed by atoms with Crippen LogP contribution in [0.3, 0.4) is 0 Å². The molecule has 156 valence electrons. The van der Waals surface area contributed by atoms with E-state index in [2.05, 4.69) is 42.9 Å². The van der Waals surface area contributed by atoms with Gasteiger partial charge in [0.15, 0.2) is 0 Å². The van der Waals surface area contributed by atoms with E-state index in [1.165, 1.54) is 23.8 Å². The zero-order chi connectivity index (χ0) is 21.8. The van der Waals surface area contributed by atoms with Gasteiger partial charge in [0.1, 0.15) is 5.82 Å². The zero-order valence-corrected chi connectivity index (χ0v) is 18.2. The van der Waals surface area contributed by atoms with E-state index in [4.69, 9.17) is 0 Å². The Bertz CT molecular complexity index is 1020. The summed E-state index contributed by atoms with van der Waals surface area (Å²) in [6.45, 7) is 8.42. The number of allylic oxidation sites excluding steroid dienone is 1. The lowest BCUT2D eigenvalue weighted by Crippen LogP contribution is -2.21. The van der Waals surface area contributed by atoms with E-state index in [0.717, 1.165) is 17.4 Å². The molecule has 0 saturated carbocycles. The molecule has 0 radical (unpaired) electrons. The van der Waals surface area contributed by atoms with Gasteiger partial charge in [-0.2, -0.15) is 0 Å². The SMILES string of the molecule is C/C(=C/C(=O)NCc1ccc(NS(C)(=O)=O)c(F)c1)c1ccc(C(C)(C)C)cc1. The van der Waals surface area contributed by atoms with Crippen LogP contribution in [0.2, 0.25) is 0 Å². The second-order valence-corrected chi connectivity index (χ2v) is 9.81. The zero-order valence-electron chi connectivity index (χ0n) is 17.3. The molecule has 1 amide bonds. The van der Waals surface area contributed by atoms with Gasteiger partial charge in [0, 0.05) is 12.6 Å². The molecule has 0 bridgehead atoms. The molecule has 0 spiro atoms. The van der Waals surface area contributed by atoms with E-state index in [-0.39, 0.29) is 23.6 Å². The predicted molar refractivity (Wildman–Crippen MR) is 116 cm³/mol. The minimum absolute atomic E-state index is 0.0647. The number of nitrogens with one attached hydrogen (secondary N) is 2. The normalized spacial score (nSPS) is 12.6. The van der Waals surface area contributed by atoms with E-state index in [1.807, 2.05) is 19.1 Å². The van der Waals surface area contributed by atoms with Gasteiger partial charge in [0.2, 0.25) is 15.9 Å². The topological polar surface area (TPSA) is 75.3 Å². The van der Waals surface area contributed by atoms with Crippen LogP contribution in [-0.4, -0.2) is 20.6 Å². The molecule has 0 aliphatic heterocycles. The third-order valence-electron chi connectivity index (χ3n) is 4.35. The molecular weight excluding hydrogens is 391 g/mol. The molecule has 2 rings (SSSR count). The largest absolute Gasteiger partial charge is 0.348 e. The van der Waals surface area contributed by atoms with Gasteiger partial charge < -0.3 is 5.32 Å². The number of benzene rings is 2. The highest BCUT2D eigenvalue weighted by atomic mass is 32.2. The van der Waals surface area contributed by atoms with Crippen LogP contribution in [0.15, 0.2) is 48.5 Å². The molecular formula is C22H27FN2O3S. The number of carbonyl (C=O) groups is 1. The first-order valence-electron chi connectivity index (χ1n) is 9.18. The standard InChI is InChI=1S/C22H27FN2O3S/c1-15(17-7-9-18(10-8-17)22(2,3)4)12-21(26)24-14-16-6-11-20(19(23)13-16)25-29(5,27)28/h6-13,25H,14H2,1-5H3,(H,24,26)/b15-12-. The molecule has 0 aromatic heterocycles. The molecule has 0 heterocycles. The maximum absolute atomic E-state index is 14.0. The van der Waals surface area contributed by atoms with Crippen molar-refractivity contribution in [2.45, 2.75) is 39.7 Å². The summed E-state index contributed by atoms with van der Waals surface area (Å²) in [6, 6.07) is 12.2. The van der Waals surface area contributed by atoms with Gasteiger partial charge in [-0.3, -0.25) is 9.52 Å².